The lowest BCUT2D eigenvalue weighted by Crippen LogP contribution is -2.12. The second-order valence-corrected chi connectivity index (χ2v) is 4.55. The maximum atomic E-state index is 12.2. The van der Waals surface area contributed by atoms with Crippen LogP contribution < -0.4 is 5.32 Å². The van der Waals surface area contributed by atoms with Crippen molar-refractivity contribution in [3.05, 3.63) is 59.8 Å². The van der Waals surface area contributed by atoms with Crippen LogP contribution in [0.15, 0.2) is 48.5 Å². The van der Waals surface area contributed by atoms with E-state index in [1.165, 1.54) is 0 Å². The van der Waals surface area contributed by atoms with Crippen molar-refractivity contribution >= 4 is 40.1 Å². The first kappa shape index (κ1) is 12.5. The Morgan fingerprint density at radius 3 is 2.65 bits per heavy atom. The van der Waals surface area contributed by atoms with Crippen LogP contribution in [0.5, 0.6) is 0 Å². The number of thiocarbonyl (C=S) groups is 1. The van der Waals surface area contributed by atoms with Gasteiger partial charge in [-0.05, 0) is 23.8 Å². The third kappa shape index (κ3) is 2.31. The number of benzene rings is 2. The van der Waals surface area contributed by atoms with E-state index in [0.717, 1.165) is 16.5 Å². The van der Waals surface area contributed by atoms with Crippen LogP contribution in [0.1, 0.15) is 16.1 Å². The summed E-state index contributed by atoms with van der Waals surface area (Å²) in [6.07, 6.45) is 0. The monoisotopic (exact) mass is 281 g/mol. The Hall–Kier alpha value is -2.53. The first-order valence-corrected chi connectivity index (χ1v) is 6.55. The van der Waals surface area contributed by atoms with Crippen molar-refractivity contribution in [2.75, 3.05) is 5.32 Å². The average molecular weight is 281 g/mol. The van der Waals surface area contributed by atoms with Crippen LogP contribution in [0.25, 0.3) is 10.9 Å². The Morgan fingerprint density at radius 2 is 1.90 bits per heavy atom. The second kappa shape index (κ2) is 5.22. The predicted octanol–water partition coefficient (Wildman–Crippen LogP) is 3.16. The minimum Gasteiger partial charge on any atom is -0.321 e. The van der Waals surface area contributed by atoms with Gasteiger partial charge >= 0.3 is 0 Å². The molecule has 98 valence electrons. The van der Waals surface area contributed by atoms with Gasteiger partial charge in [0.25, 0.3) is 5.91 Å². The molecule has 3 aromatic rings. The van der Waals surface area contributed by atoms with Crippen molar-refractivity contribution in [2.45, 2.75) is 0 Å². The summed E-state index contributed by atoms with van der Waals surface area (Å²) in [6.45, 7) is 0. The van der Waals surface area contributed by atoms with Crippen LogP contribution in [0.2, 0.25) is 0 Å². The lowest BCUT2D eigenvalue weighted by Gasteiger charge is -2.03. The van der Waals surface area contributed by atoms with E-state index in [2.05, 4.69) is 15.5 Å². The van der Waals surface area contributed by atoms with E-state index in [1.807, 2.05) is 48.5 Å². The Kier molecular flexibility index (Phi) is 3.26. The quantitative estimate of drug-likeness (QED) is 0.725. The van der Waals surface area contributed by atoms with Gasteiger partial charge in [0.1, 0.15) is 0 Å². The van der Waals surface area contributed by atoms with Gasteiger partial charge in [0.2, 0.25) is 0 Å². The molecule has 0 saturated carbocycles. The van der Waals surface area contributed by atoms with E-state index in [4.69, 9.17) is 12.2 Å². The highest BCUT2D eigenvalue weighted by atomic mass is 32.1. The molecule has 0 radical (unpaired) electrons. The standard InChI is InChI=1S/C15H11N3OS/c19-15(16-11-7-5-10(9-20)6-8-11)14-12-3-1-2-4-13(12)17-18-14/h1-9H,(H,16,19)(H,17,18). The molecule has 0 bridgehead atoms. The summed E-state index contributed by atoms with van der Waals surface area (Å²) in [5.41, 5.74) is 2.87. The highest BCUT2D eigenvalue weighted by Crippen LogP contribution is 2.17. The molecule has 20 heavy (non-hydrogen) atoms. The molecule has 2 N–H and O–H groups in total. The molecule has 5 heteroatoms. The molecule has 0 fully saturated rings. The van der Waals surface area contributed by atoms with Crippen LogP contribution in [0.4, 0.5) is 5.69 Å². The first-order valence-electron chi connectivity index (χ1n) is 6.07. The van der Waals surface area contributed by atoms with Gasteiger partial charge in [-0.25, -0.2) is 0 Å². The summed E-state index contributed by atoms with van der Waals surface area (Å²) in [7, 11) is 0. The van der Waals surface area contributed by atoms with Gasteiger partial charge in [0, 0.05) is 16.4 Å². The molecule has 1 heterocycles. The first-order chi connectivity index (χ1) is 9.78. The molecule has 0 saturated heterocycles. The number of hydrogen-bond acceptors (Lipinski definition) is 3. The number of anilines is 1. The zero-order valence-electron chi connectivity index (χ0n) is 10.5. The smallest absolute Gasteiger partial charge is 0.276 e. The summed E-state index contributed by atoms with van der Waals surface area (Å²) >= 11 is 4.84. The van der Waals surface area contributed by atoms with Gasteiger partial charge in [-0.15, -0.1) is 0 Å². The van der Waals surface area contributed by atoms with Gasteiger partial charge in [-0.3, -0.25) is 9.89 Å². The van der Waals surface area contributed by atoms with Crippen LogP contribution in [-0.4, -0.2) is 21.5 Å². The van der Waals surface area contributed by atoms with Crippen molar-refractivity contribution in [2.24, 2.45) is 0 Å². The minimum absolute atomic E-state index is 0.238. The second-order valence-electron chi connectivity index (χ2n) is 4.31. The third-order valence-corrected chi connectivity index (χ3v) is 3.26. The lowest BCUT2D eigenvalue weighted by atomic mass is 10.2. The van der Waals surface area contributed by atoms with Gasteiger partial charge < -0.3 is 5.32 Å². The molecule has 0 unspecified atom stereocenters. The summed E-state index contributed by atoms with van der Waals surface area (Å²) in [5.74, 6) is -0.238. The molecule has 4 nitrogen and oxygen atoms in total. The van der Waals surface area contributed by atoms with Crippen molar-refractivity contribution in [3.8, 4) is 0 Å². The number of carbonyl (C=O) groups is 1. The molecule has 0 aliphatic carbocycles. The van der Waals surface area contributed by atoms with E-state index >= 15 is 0 Å². The van der Waals surface area contributed by atoms with Gasteiger partial charge in [0.15, 0.2) is 5.69 Å². The number of H-pyrrole nitrogens is 1. The number of para-hydroxylation sites is 1. The van der Waals surface area contributed by atoms with E-state index in [9.17, 15) is 4.79 Å². The number of fused-ring (bicyclic) bond motifs is 1. The zero-order chi connectivity index (χ0) is 13.9. The number of nitrogens with zero attached hydrogens (tertiary/aromatic N) is 1. The van der Waals surface area contributed by atoms with Crippen LogP contribution in [0, 0.1) is 0 Å². The molecular formula is C15H11N3OS. The molecule has 1 aromatic heterocycles. The number of hydrogen-bond donors (Lipinski definition) is 2. The average Bonchev–Trinajstić information content (AvgIpc) is 2.92. The topological polar surface area (TPSA) is 57.8 Å². The molecule has 0 spiro atoms. The predicted molar refractivity (Wildman–Crippen MR) is 83.2 cm³/mol. The number of aromatic nitrogens is 2. The van der Waals surface area contributed by atoms with E-state index < -0.39 is 0 Å². The maximum absolute atomic E-state index is 12.2. The molecular weight excluding hydrogens is 270 g/mol. The van der Waals surface area contributed by atoms with Crippen LogP contribution in [0.3, 0.4) is 0 Å². The van der Waals surface area contributed by atoms with E-state index in [1.54, 1.807) is 5.37 Å². The fourth-order valence-electron chi connectivity index (χ4n) is 1.97. The van der Waals surface area contributed by atoms with Crippen molar-refractivity contribution in [1.82, 2.24) is 10.2 Å². The highest BCUT2D eigenvalue weighted by molar-refractivity contribution is 7.79. The number of amides is 1. The summed E-state index contributed by atoms with van der Waals surface area (Å²) in [6, 6.07) is 14.8. The minimum atomic E-state index is -0.238. The number of rotatable bonds is 3. The SMILES string of the molecule is O=C(Nc1ccc(C=S)cc1)c1n[nH]c2ccccc12. The summed E-state index contributed by atoms with van der Waals surface area (Å²) in [5, 5.41) is 12.1. The Labute approximate surface area is 120 Å². The molecule has 1 amide bonds. The number of nitrogens with one attached hydrogen (secondary N) is 2. The lowest BCUT2D eigenvalue weighted by molar-refractivity contribution is 0.102. The van der Waals surface area contributed by atoms with Crippen molar-refractivity contribution in [1.29, 1.82) is 0 Å². The van der Waals surface area contributed by atoms with Gasteiger partial charge in [0.05, 0.1) is 5.52 Å². The van der Waals surface area contributed by atoms with Crippen molar-refractivity contribution < 1.29 is 4.79 Å². The zero-order valence-corrected chi connectivity index (χ0v) is 11.3. The maximum Gasteiger partial charge on any atom is 0.276 e. The molecule has 2 aromatic carbocycles. The van der Waals surface area contributed by atoms with Crippen LogP contribution >= 0.6 is 12.2 Å². The molecule has 0 aliphatic heterocycles. The molecule has 0 atom stereocenters. The van der Waals surface area contributed by atoms with E-state index in [-0.39, 0.29) is 5.91 Å². The summed E-state index contributed by atoms with van der Waals surface area (Å²) in [4.78, 5) is 12.2. The fourth-order valence-corrected chi connectivity index (χ4v) is 2.13. The van der Waals surface area contributed by atoms with Crippen LogP contribution in [-0.2, 0) is 0 Å². The Bertz CT molecular complexity index is 777. The van der Waals surface area contributed by atoms with E-state index in [0.29, 0.717) is 11.4 Å². The Morgan fingerprint density at radius 1 is 1.15 bits per heavy atom. The summed E-state index contributed by atoms with van der Waals surface area (Å²) < 4.78 is 0. The van der Waals surface area contributed by atoms with Gasteiger partial charge in [-0.2, -0.15) is 5.10 Å². The third-order valence-electron chi connectivity index (χ3n) is 2.99. The fraction of sp³-hybridized carbons (Fsp3) is 0. The normalized spacial score (nSPS) is 10.4. The Balaban J connectivity index is 1.87. The van der Waals surface area contributed by atoms with Crippen molar-refractivity contribution in [3.63, 3.8) is 0 Å². The van der Waals surface area contributed by atoms with Gasteiger partial charge in [-0.1, -0.05) is 42.5 Å². The molecule has 3 rings (SSSR count). The number of aromatic amines is 1. The largest absolute Gasteiger partial charge is 0.321 e. The number of carbonyl (C=O) groups excluding carboxylic acids is 1. The molecule has 0 aliphatic rings. The highest BCUT2D eigenvalue weighted by Gasteiger charge is 2.13.